The highest BCUT2D eigenvalue weighted by Crippen LogP contribution is 2.24. The van der Waals surface area contributed by atoms with Gasteiger partial charge < -0.3 is 10.2 Å². The number of hydrogen-bond acceptors (Lipinski definition) is 5. The predicted molar refractivity (Wildman–Crippen MR) is 74.7 cm³/mol. The molecule has 0 aromatic rings. The Labute approximate surface area is 128 Å². The van der Waals surface area contributed by atoms with Crippen molar-refractivity contribution in [3.63, 3.8) is 0 Å². The first-order valence-electron chi connectivity index (χ1n) is 6.86. The Morgan fingerprint density at radius 1 is 0.818 bits per heavy atom. The molecule has 124 valence electrons. The van der Waals surface area contributed by atoms with E-state index in [-0.39, 0.29) is 0 Å². The molecule has 0 spiro atoms. The Morgan fingerprint density at radius 3 is 1.45 bits per heavy atom. The molecule has 0 saturated carbocycles. The summed E-state index contributed by atoms with van der Waals surface area (Å²) >= 11 is 0. The van der Waals surface area contributed by atoms with Gasteiger partial charge in [0.25, 0.3) is 0 Å². The van der Waals surface area contributed by atoms with E-state index in [4.69, 9.17) is 10.2 Å². The Morgan fingerprint density at radius 2 is 1.18 bits per heavy atom. The third-order valence-corrected chi connectivity index (χ3v) is 3.27. The molecular formula is C14H21NO7. The summed E-state index contributed by atoms with van der Waals surface area (Å²) in [5, 5.41) is 17.2. The van der Waals surface area contributed by atoms with Crippen LogP contribution in [0.3, 0.4) is 0 Å². The molecule has 0 aromatic carbocycles. The first kappa shape index (κ1) is 19.8. The van der Waals surface area contributed by atoms with E-state index < -0.39 is 60.8 Å². The van der Waals surface area contributed by atoms with Crippen molar-refractivity contribution in [1.29, 1.82) is 0 Å². The summed E-state index contributed by atoms with van der Waals surface area (Å²) < 4.78 is 0. The number of nitrogens with zero attached hydrogens (tertiary/aromatic N) is 1. The van der Waals surface area contributed by atoms with E-state index in [1.165, 1.54) is 0 Å². The fraction of sp³-hybridized carbons (Fsp3) is 0.643. The van der Waals surface area contributed by atoms with Crippen LogP contribution in [0, 0.1) is 5.41 Å². The lowest BCUT2D eigenvalue weighted by Crippen LogP contribution is -2.48. The number of carboxylic acids is 2. The molecule has 3 amide bonds. The molecular weight excluding hydrogens is 294 g/mol. The minimum Gasteiger partial charge on any atom is -0.481 e. The highest BCUT2D eigenvalue weighted by Gasteiger charge is 2.37. The van der Waals surface area contributed by atoms with E-state index in [1.54, 1.807) is 20.8 Å². The van der Waals surface area contributed by atoms with Gasteiger partial charge in [-0.25, -0.2) is 4.90 Å². The first-order valence-corrected chi connectivity index (χ1v) is 6.86. The zero-order valence-corrected chi connectivity index (χ0v) is 12.9. The monoisotopic (exact) mass is 315 g/mol. The van der Waals surface area contributed by atoms with Crippen LogP contribution in [0.5, 0.6) is 0 Å². The van der Waals surface area contributed by atoms with E-state index in [1.807, 2.05) is 0 Å². The second kappa shape index (κ2) is 8.26. The fourth-order valence-electron chi connectivity index (χ4n) is 1.47. The zero-order chi connectivity index (χ0) is 17.5. The van der Waals surface area contributed by atoms with Crippen LogP contribution in [-0.2, 0) is 24.0 Å². The van der Waals surface area contributed by atoms with Crippen molar-refractivity contribution >= 4 is 29.7 Å². The van der Waals surface area contributed by atoms with Crippen molar-refractivity contribution in [3.8, 4) is 0 Å². The fourth-order valence-corrected chi connectivity index (χ4v) is 1.47. The van der Waals surface area contributed by atoms with Crippen LogP contribution in [0.4, 0.5) is 0 Å². The standard InChI is InChI=1S/C14H21NO7/c1-4-14(2,3)13(22)15(9(16)5-7-11(18)19)10(17)6-8-12(20)21/h4-8H2,1-3H3,(H,18,19)(H,20,21). The van der Waals surface area contributed by atoms with Gasteiger partial charge >= 0.3 is 11.9 Å². The molecule has 0 bridgehead atoms. The van der Waals surface area contributed by atoms with Crippen molar-refractivity contribution in [3.05, 3.63) is 0 Å². The number of hydrogen-bond donors (Lipinski definition) is 2. The third kappa shape index (κ3) is 6.02. The lowest BCUT2D eigenvalue weighted by molar-refractivity contribution is -0.160. The van der Waals surface area contributed by atoms with E-state index in [0.29, 0.717) is 11.3 Å². The summed E-state index contributed by atoms with van der Waals surface area (Å²) in [6.07, 6.45) is -1.66. The van der Waals surface area contributed by atoms with Crippen LogP contribution in [0.25, 0.3) is 0 Å². The number of rotatable bonds is 8. The molecule has 0 aliphatic carbocycles. The lowest BCUT2D eigenvalue weighted by Gasteiger charge is -2.28. The topological polar surface area (TPSA) is 129 Å². The SMILES string of the molecule is CCC(C)(C)C(=O)N(C(=O)CCC(=O)O)C(=O)CCC(=O)O. The van der Waals surface area contributed by atoms with E-state index >= 15 is 0 Å². The maximum absolute atomic E-state index is 12.4. The van der Waals surface area contributed by atoms with Crippen LogP contribution in [0.1, 0.15) is 52.9 Å². The van der Waals surface area contributed by atoms with Crippen molar-refractivity contribution < 1.29 is 34.2 Å². The van der Waals surface area contributed by atoms with Crippen molar-refractivity contribution in [2.45, 2.75) is 52.9 Å². The van der Waals surface area contributed by atoms with Crippen molar-refractivity contribution in [2.75, 3.05) is 0 Å². The van der Waals surface area contributed by atoms with Crippen LogP contribution >= 0.6 is 0 Å². The summed E-state index contributed by atoms with van der Waals surface area (Å²) in [5.41, 5.74) is -0.988. The Kier molecular flexibility index (Phi) is 7.41. The first-order chi connectivity index (χ1) is 10.0. The molecule has 0 unspecified atom stereocenters. The van der Waals surface area contributed by atoms with Crippen LogP contribution in [-0.4, -0.2) is 44.8 Å². The smallest absolute Gasteiger partial charge is 0.303 e. The third-order valence-electron chi connectivity index (χ3n) is 3.27. The minimum absolute atomic E-state index is 0.362. The van der Waals surface area contributed by atoms with Gasteiger partial charge in [-0.2, -0.15) is 0 Å². The molecule has 0 aliphatic rings. The predicted octanol–water partition coefficient (Wildman–Crippen LogP) is 1.03. The summed E-state index contributed by atoms with van der Waals surface area (Å²) in [7, 11) is 0. The van der Waals surface area contributed by atoms with E-state index in [0.717, 1.165) is 0 Å². The zero-order valence-electron chi connectivity index (χ0n) is 12.9. The highest BCUT2D eigenvalue weighted by molar-refractivity contribution is 6.12. The number of amides is 3. The molecule has 0 radical (unpaired) electrons. The number of carboxylic acid groups (broad SMARTS) is 2. The molecule has 0 aliphatic heterocycles. The van der Waals surface area contributed by atoms with Crippen LogP contribution < -0.4 is 0 Å². The molecule has 0 fully saturated rings. The van der Waals surface area contributed by atoms with Gasteiger partial charge in [0.2, 0.25) is 17.7 Å². The normalized spacial score (nSPS) is 10.9. The largest absolute Gasteiger partial charge is 0.481 e. The molecule has 0 atom stereocenters. The molecule has 8 heteroatoms. The lowest BCUT2D eigenvalue weighted by atomic mass is 9.88. The maximum Gasteiger partial charge on any atom is 0.303 e. The Balaban J connectivity index is 5.25. The van der Waals surface area contributed by atoms with Gasteiger partial charge in [-0.1, -0.05) is 20.8 Å². The van der Waals surface area contributed by atoms with E-state index in [2.05, 4.69) is 0 Å². The number of carbonyl (C=O) groups is 5. The van der Waals surface area contributed by atoms with Gasteiger partial charge in [0.05, 0.1) is 12.8 Å². The maximum atomic E-state index is 12.4. The quantitative estimate of drug-likeness (QED) is 0.684. The number of imide groups is 3. The van der Waals surface area contributed by atoms with Crippen molar-refractivity contribution in [2.24, 2.45) is 5.41 Å². The van der Waals surface area contributed by atoms with Gasteiger partial charge in [0.15, 0.2) is 0 Å². The average Bonchev–Trinajstić information content (AvgIpc) is 2.42. The van der Waals surface area contributed by atoms with Gasteiger partial charge in [-0.05, 0) is 6.42 Å². The summed E-state index contributed by atoms with van der Waals surface area (Å²) in [5.74, 6) is -5.06. The molecule has 2 N–H and O–H groups in total. The molecule has 0 heterocycles. The second-order valence-electron chi connectivity index (χ2n) is 5.45. The summed E-state index contributed by atoms with van der Waals surface area (Å²) in [4.78, 5) is 57.8. The van der Waals surface area contributed by atoms with Crippen LogP contribution in [0.2, 0.25) is 0 Å². The molecule has 0 aromatic heterocycles. The van der Waals surface area contributed by atoms with Gasteiger partial charge in [0.1, 0.15) is 0 Å². The molecule has 0 rings (SSSR count). The summed E-state index contributed by atoms with van der Waals surface area (Å²) in [6, 6.07) is 0. The van der Waals surface area contributed by atoms with E-state index in [9.17, 15) is 24.0 Å². The number of carbonyl (C=O) groups excluding carboxylic acids is 3. The van der Waals surface area contributed by atoms with Gasteiger partial charge in [-0.3, -0.25) is 24.0 Å². The Hall–Kier alpha value is -2.25. The second-order valence-corrected chi connectivity index (χ2v) is 5.45. The minimum atomic E-state index is -1.23. The summed E-state index contributed by atoms with van der Waals surface area (Å²) in [6.45, 7) is 4.81. The molecule has 0 saturated heterocycles. The van der Waals surface area contributed by atoms with Gasteiger partial charge in [0, 0.05) is 18.3 Å². The average molecular weight is 315 g/mol. The highest BCUT2D eigenvalue weighted by atomic mass is 16.4. The van der Waals surface area contributed by atoms with Crippen molar-refractivity contribution in [1.82, 2.24) is 4.90 Å². The molecule has 8 nitrogen and oxygen atoms in total. The number of aliphatic carboxylic acids is 2. The Bertz CT molecular complexity index is 452. The molecule has 22 heavy (non-hydrogen) atoms. The van der Waals surface area contributed by atoms with Crippen LogP contribution in [0.15, 0.2) is 0 Å². The van der Waals surface area contributed by atoms with Gasteiger partial charge in [-0.15, -0.1) is 0 Å².